The third kappa shape index (κ3) is 5.98. The SMILES string of the molecule is COCCNC(=O)CSc1ccccc1C(=O)OCC(=O)c1cc(C)n(C2CC2)c1C. The van der Waals surface area contributed by atoms with Crippen LogP contribution in [0.2, 0.25) is 0 Å². The normalized spacial score (nSPS) is 13.1. The standard InChI is InChI=1S/C23H28N2O5S/c1-15-12-19(16(2)25(15)17-8-9-17)20(26)13-30-23(28)18-6-4-5-7-21(18)31-14-22(27)24-10-11-29-3/h4-7,12,17H,8-11,13-14H2,1-3H3,(H,24,27). The van der Waals surface area contributed by atoms with Crippen molar-refractivity contribution in [2.75, 3.05) is 32.6 Å². The first-order chi connectivity index (χ1) is 14.9. The first kappa shape index (κ1) is 23.1. The minimum Gasteiger partial charge on any atom is -0.454 e. The minimum atomic E-state index is -0.577. The highest BCUT2D eigenvalue weighted by Gasteiger charge is 2.28. The molecule has 31 heavy (non-hydrogen) atoms. The Kier molecular flexibility index (Phi) is 7.92. The number of rotatable bonds is 11. The number of esters is 1. The first-order valence-corrected chi connectivity index (χ1v) is 11.3. The molecule has 1 heterocycles. The summed E-state index contributed by atoms with van der Waals surface area (Å²) in [6, 6.07) is 9.27. The maximum Gasteiger partial charge on any atom is 0.339 e. The summed E-state index contributed by atoms with van der Waals surface area (Å²) in [5.74, 6) is -0.769. The molecule has 1 amide bonds. The van der Waals surface area contributed by atoms with Crippen LogP contribution in [0.15, 0.2) is 35.2 Å². The van der Waals surface area contributed by atoms with Gasteiger partial charge in [0.05, 0.1) is 17.9 Å². The predicted molar refractivity (Wildman–Crippen MR) is 119 cm³/mol. The van der Waals surface area contributed by atoms with Crippen molar-refractivity contribution in [3.8, 4) is 0 Å². The molecule has 2 aromatic rings. The van der Waals surface area contributed by atoms with E-state index in [1.807, 2.05) is 19.9 Å². The molecule has 3 rings (SSSR count). The summed E-state index contributed by atoms with van der Waals surface area (Å²) in [4.78, 5) is 37.8. The lowest BCUT2D eigenvalue weighted by Gasteiger charge is -2.10. The highest BCUT2D eigenvalue weighted by atomic mass is 32.2. The zero-order valence-corrected chi connectivity index (χ0v) is 18.9. The van der Waals surface area contributed by atoms with E-state index >= 15 is 0 Å². The number of nitrogens with one attached hydrogen (secondary N) is 1. The van der Waals surface area contributed by atoms with Crippen LogP contribution >= 0.6 is 11.8 Å². The van der Waals surface area contributed by atoms with Crippen LogP contribution in [0.4, 0.5) is 0 Å². The van der Waals surface area contributed by atoms with Crippen LogP contribution < -0.4 is 5.32 Å². The van der Waals surface area contributed by atoms with Gasteiger partial charge in [-0.05, 0) is 44.9 Å². The number of carbonyl (C=O) groups is 3. The Morgan fingerprint density at radius 2 is 1.90 bits per heavy atom. The monoisotopic (exact) mass is 444 g/mol. The lowest BCUT2D eigenvalue weighted by atomic mass is 10.1. The molecule has 0 atom stereocenters. The van der Waals surface area contributed by atoms with Gasteiger partial charge in [0.15, 0.2) is 6.61 Å². The van der Waals surface area contributed by atoms with Crippen LogP contribution in [-0.2, 0) is 14.3 Å². The number of thioether (sulfide) groups is 1. The predicted octanol–water partition coefficient (Wildman–Crippen LogP) is 3.33. The number of benzene rings is 1. The lowest BCUT2D eigenvalue weighted by Crippen LogP contribution is -2.28. The molecule has 0 bridgehead atoms. The number of aryl methyl sites for hydroxylation is 1. The fourth-order valence-corrected chi connectivity index (χ4v) is 4.36. The first-order valence-electron chi connectivity index (χ1n) is 10.3. The molecule has 1 saturated carbocycles. The van der Waals surface area contributed by atoms with Gasteiger partial charge in [-0.2, -0.15) is 0 Å². The number of Topliss-reactive ketones (excluding diaryl/α,β-unsaturated/α-hetero) is 1. The van der Waals surface area contributed by atoms with Crippen molar-refractivity contribution < 1.29 is 23.9 Å². The molecule has 0 spiro atoms. The Morgan fingerprint density at radius 1 is 1.16 bits per heavy atom. The fourth-order valence-electron chi connectivity index (χ4n) is 3.49. The second kappa shape index (κ2) is 10.6. The van der Waals surface area contributed by atoms with Crippen molar-refractivity contribution in [1.82, 2.24) is 9.88 Å². The van der Waals surface area contributed by atoms with Gasteiger partial charge < -0.3 is 19.4 Å². The Morgan fingerprint density at radius 3 is 2.61 bits per heavy atom. The summed E-state index contributed by atoms with van der Waals surface area (Å²) in [6.45, 7) is 4.49. The van der Waals surface area contributed by atoms with E-state index in [1.165, 1.54) is 11.8 Å². The van der Waals surface area contributed by atoms with Crippen LogP contribution in [-0.4, -0.2) is 54.8 Å². The third-order valence-corrected chi connectivity index (χ3v) is 6.20. The Bertz CT molecular complexity index is 965. The van der Waals surface area contributed by atoms with Crippen molar-refractivity contribution >= 4 is 29.4 Å². The smallest absolute Gasteiger partial charge is 0.339 e. The lowest BCUT2D eigenvalue weighted by molar-refractivity contribution is -0.118. The van der Waals surface area contributed by atoms with Crippen molar-refractivity contribution in [2.45, 2.75) is 37.6 Å². The van der Waals surface area contributed by atoms with Crippen LogP contribution in [0.5, 0.6) is 0 Å². The largest absolute Gasteiger partial charge is 0.454 e. The summed E-state index contributed by atoms with van der Waals surface area (Å²) in [5.41, 5.74) is 2.93. The maximum absolute atomic E-state index is 12.7. The average molecular weight is 445 g/mol. The molecule has 0 unspecified atom stereocenters. The Labute approximate surface area is 186 Å². The number of methoxy groups -OCH3 is 1. The van der Waals surface area contributed by atoms with Gasteiger partial charge in [-0.15, -0.1) is 11.8 Å². The van der Waals surface area contributed by atoms with Crippen molar-refractivity contribution in [1.29, 1.82) is 0 Å². The van der Waals surface area contributed by atoms with Crippen molar-refractivity contribution in [3.05, 3.63) is 52.8 Å². The Hall–Kier alpha value is -2.58. The van der Waals surface area contributed by atoms with Gasteiger partial charge in [-0.1, -0.05) is 12.1 Å². The van der Waals surface area contributed by atoms with E-state index in [2.05, 4.69) is 9.88 Å². The molecule has 8 heteroatoms. The highest BCUT2D eigenvalue weighted by molar-refractivity contribution is 8.00. The molecule has 1 aliphatic rings. The van der Waals surface area contributed by atoms with Crippen LogP contribution in [0.25, 0.3) is 0 Å². The van der Waals surface area contributed by atoms with Gasteiger partial charge in [0.2, 0.25) is 11.7 Å². The molecular weight excluding hydrogens is 416 g/mol. The van der Waals surface area contributed by atoms with E-state index in [1.54, 1.807) is 31.4 Å². The summed E-state index contributed by atoms with van der Waals surface area (Å²) in [6.07, 6.45) is 2.27. The molecule has 1 fully saturated rings. The Balaban J connectivity index is 1.58. The zero-order chi connectivity index (χ0) is 22.4. The highest BCUT2D eigenvalue weighted by Crippen LogP contribution is 2.38. The summed E-state index contributed by atoms with van der Waals surface area (Å²) >= 11 is 1.25. The quantitative estimate of drug-likeness (QED) is 0.248. The molecule has 0 saturated heterocycles. The number of aromatic nitrogens is 1. The summed E-state index contributed by atoms with van der Waals surface area (Å²) < 4.78 is 12.4. The zero-order valence-electron chi connectivity index (χ0n) is 18.1. The van der Waals surface area contributed by atoms with E-state index < -0.39 is 5.97 Å². The van der Waals surface area contributed by atoms with Gasteiger partial charge in [0.1, 0.15) is 0 Å². The molecular formula is C23H28N2O5S. The van der Waals surface area contributed by atoms with E-state index in [4.69, 9.17) is 9.47 Å². The van der Waals surface area contributed by atoms with Gasteiger partial charge in [-0.3, -0.25) is 9.59 Å². The fraction of sp³-hybridized carbons (Fsp3) is 0.435. The van der Waals surface area contributed by atoms with E-state index in [-0.39, 0.29) is 24.1 Å². The minimum absolute atomic E-state index is 0.147. The average Bonchev–Trinajstić information content (AvgIpc) is 3.54. The van der Waals surface area contributed by atoms with E-state index in [0.29, 0.717) is 35.2 Å². The van der Waals surface area contributed by atoms with Gasteiger partial charge in [0.25, 0.3) is 0 Å². The van der Waals surface area contributed by atoms with E-state index in [9.17, 15) is 14.4 Å². The molecule has 1 N–H and O–H groups in total. The number of nitrogens with zero attached hydrogens (tertiary/aromatic N) is 1. The number of hydrogen-bond acceptors (Lipinski definition) is 6. The summed E-state index contributed by atoms with van der Waals surface area (Å²) in [5, 5.41) is 2.74. The van der Waals surface area contributed by atoms with Crippen LogP contribution in [0.1, 0.15) is 51.0 Å². The van der Waals surface area contributed by atoms with Crippen molar-refractivity contribution in [2.24, 2.45) is 0 Å². The maximum atomic E-state index is 12.7. The summed E-state index contributed by atoms with van der Waals surface area (Å²) in [7, 11) is 1.57. The molecule has 0 aliphatic heterocycles. The van der Waals surface area contributed by atoms with Gasteiger partial charge in [0, 0.05) is 41.5 Å². The van der Waals surface area contributed by atoms with Gasteiger partial charge in [-0.25, -0.2) is 4.79 Å². The number of ketones is 1. The second-order valence-electron chi connectivity index (χ2n) is 7.51. The molecule has 0 radical (unpaired) electrons. The number of carbonyl (C=O) groups excluding carboxylic acids is 3. The van der Waals surface area contributed by atoms with Crippen molar-refractivity contribution in [3.63, 3.8) is 0 Å². The topological polar surface area (TPSA) is 86.6 Å². The molecule has 166 valence electrons. The number of ether oxygens (including phenoxy) is 2. The molecule has 1 aliphatic carbocycles. The molecule has 7 nitrogen and oxygen atoms in total. The van der Waals surface area contributed by atoms with Gasteiger partial charge >= 0.3 is 5.97 Å². The second-order valence-corrected chi connectivity index (χ2v) is 8.53. The van der Waals surface area contributed by atoms with E-state index in [0.717, 1.165) is 24.2 Å². The van der Waals surface area contributed by atoms with Crippen LogP contribution in [0.3, 0.4) is 0 Å². The third-order valence-electron chi connectivity index (χ3n) is 5.13. The molecule has 1 aromatic heterocycles. The number of hydrogen-bond donors (Lipinski definition) is 1. The number of amides is 1. The van der Waals surface area contributed by atoms with Crippen LogP contribution in [0, 0.1) is 13.8 Å². The molecule has 1 aromatic carbocycles.